The van der Waals surface area contributed by atoms with Crippen molar-refractivity contribution >= 4 is 26.5 Å². The zero-order valence-corrected chi connectivity index (χ0v) is 16.6. The number of fused-ring (bicyclic) bond motifs is 1. The van der Waals surface area contributed by atoms with Gasteiger partial charge in [-0.1, -0.05) is 24.6 Å². The van der Waals surface area contributed by atoms with E-state index >= 15 is 0 Å². The molecule has 1 aliphatic heterocycles. The summed E-state index contributed by atoms with van der Waals surface area (Å²) in [6, 6.07) is 9.51. The van der Waals surface area contributed by atoms with Crippen LogP contribution in [0.15, 0.2) is 35.2 Å². The van der Waals surface area contributed by atoms with Gasteiger partial charge in [0, 0.05) is 36.1 Å². The minimum Gasteiger partial charge on any atom is -0.372 e. The molecule has 2 aromatic rings. The second-order valence-corrected chi connectivity index (χ2v) is 8.51. The molecule has 0 amide bonds. The van der Waals surface area contributed by atoms with Crippen LogP contribution in [0.4, 0.5) is 5.69 Å². The molecule has 0 saturated carbocycles. The number of nitrogens with two attached hydrogens (primary N) is 1. The first-order chi connectivity index (χ1) is 12.5. The van der Waals surface area contributed by atoms with E-state index in [1.165, 1.54) is 24.8 Å². The molecule has 3 rings (SSSR count). The fourth-order valence-corrected chi connectivity index (χ4v) is 4.73. The third-order valence-corrected chi connectivity index (χ3v) is 6.29. The van der Waals surface area contributed by atoms with Gasteiger partial charge in [0.15, 0.2) is 0 Å². The van der Waals surface area contributed by atoms with Crippen LogP contribution >= 0.6 is 0 Å². The Bertz CT molecular complexity index is 870. The van der Waals surface area contributed by atoms with E-state index in [0.717, 1.165) is 49.2 Å². The van der Waals surface area contributed by atoms with E-state index in [2.05, 4.69) is 29.7 Å². The lowest BCUT2D eigenvalue weighted by molar-refractivity contribution is 0.221. The average molecular weight is 376 g/mol. The Kier molecular flexibility index (Phi) is 5.85. The van der Waals surface area contributed by atoms with Gasteiger partial charge in [-0.2, -0.15) is 0 Å². The molecule has 1 heterocycles. The number of primary sulfonamides is 1. The predicted octanol–water partition coefficient (Wildman–Crippen LogP) is 3.32. The van der Waals surface area contributed by atoms with Crippen LogP contribution in [-0.4, -0.2) is 39.5 Å². The highest BCUT2D eigenvalue weighted by atomic mass is 32.2. The maximum atomic E-state index is 12.1. The van der Waals surface area contributed by atoms with Gasteiger partial charge in [0.05, 0.1) is 4.90 Å². The van der Waals surface area contributed by atoms with Crippen molar-refractivity contribution in [3.63, 3.8) is 0 Å². The zero-order chi connectivity index (χ0) is 18.7. The third kappa shape index (κ3) is 3.87. The summed E-state index contributed by atoms with van der Waals surface area (Å²) in [5.74, 6) is 0. The number of hydrogen-bond acceptors (Lipinski definition) is 4. The molecule has 5 nitrogen and oxygen atoms in total. The minimum absolute atomic E-state index is 0.212. The quantitative estimate of drug-likeness (QED) is 0.841. The number of rotatable bonds is 6. The van der Waals surface area contributed by atoms with Gasteiger partial charge in [-0.05, 0) is 57.5 Å². The molecule has 0 radical (unpaired) electrons. The molecule has 6 heteroatoms. The van der Waals surface area contributed by atoms with E-state index in [-0.39, 0.29) is 4.90 Å². The molecule has 0 unspecified atom stereocenters. The van der Waals surface area contributed by atoms with Crippen molar-refractivity contribution in [2.24, 2.45) is 5.14 Å². The van der Waals surface area contributed by atoms with Crippen LogP contribution in [0.5, 0.6) is 0 Å². The smallest absolute Gasteiger partial charge is 0.238 e. The Morgan fingerprint density at radius 2 is 1.73 bits per heavy atom. The van der Waals surface area contributed by atoms with Crippen LogP contribution in [0.25, 0.3) is 10.8 Å². The van der Waals surface area contributed by atoms with Crippen LogP contribution in [0.3, 0.4) is 0 Å². The topological polar surface area (TPSA) is 66.6 Å². The second kappa shape index (κ2) is 7.94. The highest BCUT2D eigenvalue weighted by Crippen LogP contribution is 2.34. The van der Waals surface area contributed by atoms with Crippen LogP contribution < -0.4 is 10.0 Å². The van der Waals surface area contributed by atoms with Crippen molar-refractivity contribution in [1.82, 2.24) is 4.90 Å². The van der Waals surface area contributed by atoms with Crippen molar-refractivity contribution in [3.05, 3.63) is 35.9 Å². The summed E-state index contributed by atoms with van der Waals surface area (Å²) >= 11 is 0. The number of benzene rings is 2. The first-order valence-electron chi connectivity index (χ1n) is 9.50. The summed E-state index contributed by atoms with van der Waals surface area (Å²) in [5, 5.41) is 7.25. The maximum absolute atomic E-state index is 12.1. The fourth-order valence-electron chi connectivity index (χ4n) is 4.00. The molecule has 1 fully saturated rings. The molecule has 26 heavy (non-hydrogen) atoms. The number of hydrogen-bond donors (Lipinski definition) is 1. The summed E-state index contributed by atoms with van der Waals surface area (Å²) in [4.78, 5) is 4.95. The fraction of sp³-hybridized carbons (Fsp3) is 0.500. The lowest BCUT2D eigenvalue weighted by Crippen LogP contribution is -2.29. The normalized spacial score (nSPS) is 16.1. The Labute approximate surface area is 156 Å². The lowest BCUT2D eigenvalue weighted by atomic mass is 10.00. The highest BCUT2D eigenvalue weighted by Gasteiger charge is 2.20. The molecule has 0 aromatic heterocycles. The maximum Gasteiger partial charge on any atom is 0.238 e. The van der Waals surface area contributed by atoms with E-state index in [1.54, 1.807) is 6.07 Å². The molecule has 2 N–H and O–H groups in total. The lowest BCUT2D eigenvalue weighted by Gasteiger charge is -2.29. The summed E-state index contributed by atoms with van der Waals surface area (Å²) < 4.78 is 24.2. The Balaban J connectivity index is 2.20. The van der Waals surface area contributed by atoms with Crippen molar-refractivity contribution in [3.8, 4) is 0 Å². The van der Waals surface area contributed by atoms with Crippen LogP contribution in [0.1, 0.15) is 38.7 Å². The summed E-state index contributed by atoms with van der Waals surface area (Å²) in [6.07, 6.45) is 3.76. The van der Waals surface area contributed by atoms with Crippen molar-refractivity contribution < 1.29 is 8.42 Å². The number of likely N-dealkylation sites (tertiary alicyclic amines) is 1. The molecule has 1 saturated heterocycles. The Morgan fingerprint density at radius 3 is 2.35 bits per heavy atom. The monoisotopic (exact) mass is 375 g/mol. The summed E-state index contributed by atoms with van der Waals surface area (Å²) in [6.45, 7) is 9.04. The van der Waals surface area contributed by atoms with Crippen LogP contribution in [-0.2, 0) is 16.6 Å². The first-order valence-corrected chi connectivity index (χ1v) is 11.0. The van der Waals surface area contributed by atoms with Gasteiger partial charge in [-0.25, -0.2) is 13.6 Å². The molecule has 2 aromatic carbocycles. The number of sulfonamides is 1. The first kappa shape index (κ1) is 19.1. The molecule has 142 valence electrons. The van der Waals surface area contributed by atoms with E-state index in [4.69, 9.17) is 5.14 Å². The molecule has 0 atom stereocenters. The predicted molar refractivity (Wildman–Crippen MR) is 108 cm³/mol. The molecule has 0 bridgehead atoms. The number of piperidine rings is 1. The molecular formula is C20H29N3O2S. The SMILES string of the molecule is CCN(CC)c1cccc2c(S(N)(=O)=O)ccc(CN3CCCCC3)c12. The van der Waals surface area contributed by atoms with Gasteiger partial charge in [0.1, 0.15) is 0 Å². The van der Waals surface area contributed by atoms with E-state index < -0.39 is 10.0 Å². The van der Waals surface area contributed by atoms with Crippen LogP contribution in [0.2, 0.25) is 0 Å². The van der Waals surface area contributed by atoms with Crippen molar-refractivity contribution in [1.29, 1.82) is 0 Å². The summed E-state index contributed by atoms with van der Waals surface area (Å²) in [5.41, 5.74) is 2.27. The second-order valence-electron chi connectivity index (χ2n) is 6.98. The van der Waals surface area contributed by atoms with Gasteiger partial charge in [0.25, 0.3) is 0 Å². The van der Waals surface area contributed by atoms with Gasteiger partial charge in [-0.3, -0.25) is 4.90 Å². The third-order valence-electron chi connectivity index (χ3n) is 5.32. The summed E-state index contributed by atoms with van der Waals surface area (Å²) in [7, 11) is -3.77. The van der Waals surface area contributed by atoms with Gasteiger partial charge in [0.2, 0.25) is 10.0 Å². The molecule has 0 spiro atoms. The van der Waals surface area contributed by atoms with Crippen molar-refractivity contribution in [2.75, 3.05) is 31.1 Å². The van der Waals surface area contributed by atoms with Gasteiger partial charge >= 0.3 is 0 Å². The van der Waals surface area contributed by atoms with E-state index in [9.17, 15) is 8.42 Å². The minimum atomic E-state index is -3.77. The van der Waals surface area contributed by atoms with E-state index in [0.29, 0.717) is 0 Å². The number of nitrogens with zero attached hydrogens (tertiary/aromatic N) is 2. The number of anilines is 1. The average Bonchev–Trinajstić information content (AvgIpc) is 2.63. The molecular weight excluding hydrogens is 346 g/mol. The molecule has 1 aliphatic rings. The Hall–Kier alpha value is -1.63. The van der Waals surface area contributed by atoms with Crippen molar-refractivity contribution in [2.45, 2.75) is 44.6 Å². The highest BCUT2D eigenvalue weighted by molar-refractivity contribution is 7.89. The Morgan fingerprint density at radius 1 is 1.04 bits per heavy atom. The van der Waals surface area contributed by atoms with Crippen LogP contribution in [0, 0.1) is 0 Å². The van der Waals surface area contributed by atoms with E-state index in [1.807, 2.05) is 18.2 Å². The largest absolute Gasteiger partial charge is 0.372 e. The van der Waals surface area contributed by atoms with Gasteiger partial charge in [-0.15, -0.1) is 0 Å². The standard InChI is InChI=1S/C20H29N3O2S/c1-3-23(4-2)18-10-8-9-17-19(26(21,24)25)12-11-16(20(17)18)15-22-13-6-5-7-14-22/h8-12H,3-7,13-15H2,1-2H3,(H2,21,24,25). The zero-order valence-electron chi connectivity index (χ0n) is 15.7. The molecule has 0 aliphatic carbocycles. The van der Waals surface area contributed by atoms with Gasteiger partial charge < -0.3 is 4.90 Å².